The highest BCUT2D eigenvalue weighted by atomic mass is 19.4. The lowest BCUT2D eigenvalue weighted by atomic mass is 9.82. The third-order valence-corrected chi connectivity index (χ3v) is 5.86. The molecule has 10 heteroatoms. The number of halogens is 4. The summed E-state index contributed by atoms with van der Waals surface area (Å²) in [5.74, 6) is -1.58. The van der Waals surface area contributed by atoms with E-state index in [2.05, 4.69) is 10.3 Å². The third kappa shape index (κ3) is 3.37. The number of alkyl halides is 4. The van der Waals surface area contributed by atoms with E-state index in [1.165, 1.54) is 12.3 Å². The Morgan fingerprint density at radius 1 is 1.33 bits per heavy atom. The van der Waals surface area contributed by atoms with Gasteiger partial charge in [-0.05, 0) is 31.2 Å². The molecule has 0 radical (unpaired) electrons. The van der Waals surface area contributed by atoms with Crippen LogP contribution in [0.25, 0.3) is 10.9 Å². The molecule has 0 saturated carbocycles. The monoisotopic (exact) mass is 426 g/mol. The van der Waals surface area contributed by atoms with E-state index >= 15 is 0 Å². The Hall–Kier alpha value is -2.46. The summed E-state index contributed by atoms with van der Waals surface area (Å²) in [6.07, 6.45) is -5.07. The number of fused-ring (bicyclic) bond motifs is 1. The Morgan fingerprint density at radius 3 is 2.73 bits per heavy atom. The summed E-state index contributed by atoms with van der Waals surface area (Å²) in [6.45, 7) is 2.28. The highest BCUT2D eigenvalue weighted by molar-refractivity contribution is 5.95. The van der Waals surface area contributed by atoms with Crippen molar-refractivity contribution in [1.82, 2.24) is 10.3 Å². The van der Waals surface area contributed by atoms with E-state index in [1.807, 2.05) is 0 Å². The fourth-order valence-corrected chi connectivity index (χ4v) is 4.56. The van der Waals surface area contributed by atoms with Crippen LogP contribution in [0.4, 0.5) is 23.2 Å². The Labute approximate surface area is 170 Å². The van der Waals surface area contributed by atoms with Gasteiger partial charge in [-0.2, -0.15) is 13.2 Å². The largest absolute Gasteiger partial charge is 0.418 e. The van der Waals surface area contributed by atoms with E-state index < -0.39 is 41.4 Å². The molecule has 2 fully saturated rings. The van der Waals surface area contributed by atoms with E-state index in [-0.39, 0.29) is 25.2 Å². The molecule has 1 amide bonds. The number of ether oxygens (including phenoxy) is 1. The van der Waals surface area contributed by atoms with Crippen LogP contribution in [-0.2, 0) is 15.7 Å². The number of pyridine rings is 1. The third-order valence-electron chi connectivity index (χ3n) is 5.86. The Balaban J connectivity index is 1.81. The average molecular weight is 426 g/mol. The van der Waals surface area contributed by atoms with Gasteiger partial charge in [0, 0.05) is 42.8 Å². The van der Waals surface area contributed by atoms with Gasteiger partial charge in [0.25, 0.3) is 5.91 Å². The molecule has 30 heavy (non-hydrogen) atoms. The first kappa shape index (κ1) is 20.8. The van der Waals surface area contributed by atoms with Gasteiger partial charge in [-0.1, -0.05) is 0 Å². The molecule has 1 aromatic heterocycles. The number of carbonyl (C=O) groups is 1. The molecule has 6 nitrogen and oxygen atoms in total. The van der Waals surface area contributed by atoms with Gasteiger partial charge in [0.15, 0.2) is 5.60 Å². The first-order valence-electron chi connectivity index (χ1n) is 9.66. The second-order valence-electron chi connectivity index (χ2n) is 7.87. The zero-order chi connectivity index (χ0) is 21.7. The van der Waals surface area contributed by atoms with E-state index in [9.17, 15) is 22.4 Å². The first-order valence-corrected chi connectivity index (χ1v) is 9.66. The number of rotatable bonds is 3. The van der Waals surface area contributed by atoms with Crippen molar-refractivity contribution in [1.29, 1.82) is 0 Å². The predicted molar refractivity (Wildman–Crippen MR) is 103 cm³/mol. The second-order valence-corrected chi connectivity index (χ2v) is 7.87. The van der Waals surface area contributed by atoms with Gasteiger partial charge in [-0.3, -0.25) is 9.78 Å². The Bertz CT molecular complexity index is 969. The number of benzene rings is 1. The van der Waals surface area contributed by atoms with Crippen molar-refractivity contribution in [3.63, 3.8) is 0 Å². The van der Waals surface area contributed by atoms with Crippen LogP contribution in [-0.4, -0.2) is 54.9 Å². The standard InChI is InChI=1S/C20H22F4N4O2/c1-11-9-28(10-19(30-11,18(25)29)14-7-26-8-15(14)21)16-5-4-13(20(22,23)24)17-12(16)3-2-6-27-17/h2-6,11,14-15,26H,7-10H2,1H3,(H2,25,29)/t11-,14+,15-,19+/m1/s1. The van der Waals surface area contributed by atoms with Crippen LogP contribution in [0, 0.1) is 5.92 Å². The lowest BCUT2D eigenvalue weighted by Crippen LogP contribution is -2.66. The number of hydrogen-bond acceptors (Lipinski definition) is 5. The lowest BCUT2D eigenvalue weighted by molar-refractivity contribution is -0.168. The van der Waals surface area contributed by atoms with Gasteiger partial charge < -0.3 is 20.7 Å². The van der Waals surface area contributed by atoms with Crippen molar-refractivity contribution >= 4 is 22.5 Å². The van der Waals surface area contributed by atoms with Gasteiger partial charge in [-0.15, -0.1) is 0 Å². The van der Waals surface area contributed by atoms with Crippen LogP contribution in [0.15, 0.2) is 30.5 Å². The van der Waals surface area contributed by atoms with E-state index in [4.69, 9.17) is 10.5 Å². The highest BCUT2D eigenvalue weighted by Crippen LogP contribution is 2.41. The number of amides is 1. The molecule has 162 valence electrons. The zero-order valence-electron chi connectivity index (χ0n) is 16.2. The van der Waals surface area contributed by atoms with E-state index in [0.717, 1.165) is 6.07 Å². The molecular weight excluding hydrogens is 404 g/mol. The summed E-state index contributed by atoms with van der Waals surface area (Å²) in [5.41, 5.74) is 3.54. The van der Waals surface area contributed by atoms with Crippen LogP contribution >= 0.6 is 0 Å². The summed E-state index contributed by atoms with van der Waals surface area (Å²) in [7, 11) is 0. The first-order chi connectivity index (χ1) is 14.1. The summed E-state index contributed by atoms with van der Waals surface area (Å²) in [5, 5.41) is 3.20. The van der Waals surface area contributed by atoms with Crippen LogP contribution in [0.5, 0.6) is 0 Å². The normalized spacial score (nSPS) is 30.0. The van der Waals surface area contributed by atoms with Crippen molar-refractivity contribution in [2.75, 3.05) is 31.1 Å². The predicted octanol–water partition coefficient (Wildman–Crippen LogP) is 2.26. The summed E-state index contributed by atoms with van der Waals surface area (Å²) in [6, 6.07) is 5.44. The molecular formula is C20H22F4N4O2. The molecule has 3 N–H and O–H groups in total. The van der Waals surface area contributed by atoms with E-state index in [1.54, 1.807) is 24.0 Å². The minimum Gasteiger partial charge on any atom is -0.367 e. The van der Waals surface area contributed by atoms with Gasteiger partial charge in [0.05, 0.1) is 23.7 Å². The molecule has 4 atom stereocenters. The molecule has 0 bridgehead atoms. The van der Waals surface area contributed by atoms with Crippen LogP contribution in [0.1, 0.15) is 12.5 Å². The number of hydrogen-bond donors (Lipinski definition) is 2. The molecule has 2 aromatic rings. The minimum atomic E-state index is -4.56. The smallest absolute Gasteiger partial charge is 0.367 e. The minimum absolute atomic E-state index is 0.0607. The van der Waals surface area contributed by atoms with Crippen LogP contribution < -0.4 is 16.0 Å². The number of primary amides is 1. The number of nitrogens with one attached hydrogen (secondary N) is 1. The molecule has 0 spiro atoms. The molecule has 2 aliphatic rings. The number of carbonyl (C=O) groups excluding carboxylic acids is 1. The highest BCUT2D eigenvalue weighted by Gasteiger charge is 2.55. The average Bonchev–Trinajstić information content (AvgIpc) is 3.12. The molecule has 4 rings (SSSR count). The molecule has 3 heterocycles. The summed E-state index contributed by atoms with van der Waals surface area (Å²) >= 11 is 0. The molecule has 0 aliphatic carbocycles. The fourth-order valence-electron chi connectivity index (χ4n) is 4.56. The van der Waals surface area contributed by atoms with Crippen molar-refractivity contribution in [3.05, 3.63) is 36.0 Å². The Kier molecular flexibility index (Phi) is 5.09. The van der Waals surface area contributed by atoms with Crippen molar-refractivity contribution < 1.29 is 27.1 Å². The molecule has 1 aromatic carbocycles. The SMILES string of the molecule is C[C@@H]1CN(c2ccc(C(F)(F)F)c3ncccc23)C[C@@](C(N)=O)([C@H]2CNC[C@H]2F)O1. The number of nitrogens with zero attached hydrogens (tertiary/aromatic N) is 2. The van der Waals surface area contributed by atoms with E-state index in [0.29, 0.717) is 17.6 Å². The molecule has 2 saturated heterocycles. The lowest BCUT2D eigenvalue weighted by Gasteiger charge is -2.48. The molecule has 0 unspecified atom stereocenters. The number of nitrogens with two attached hydrogens (primary N) is 1. The molecule has 2 aliphatic heterocycles. The number of anilines is 1. The summed E-state index contributed by atoms with van der Waals surface area (Å²) in [4.78, 5) is 18.2. The summed E-state index contributed by atoms with van der Waals surface area (Å²) < 4.78 is 60.8. The van der Waals surface area contributed by atoms with Gasteiger partial charge >= 0.3 is 6.18 Å². The van der Waals surface area contributed by atoms with Crippen LogP contribution in [0.2, 0.25) is 0 Å². The number of morpholine rings is 1. The van der Waals surface area contributed by atoms with Gasteiger partial charge in [0.1, 0.15) is 6.17 Å². The van der Waals surface area contributed by atoms with Crippen molar-refractivity contribution in [3.8, 4) is 0 Å². The number of aromatic nitrogens is 1. The van der Waals surface area contributed by atoms with Crippen molar-refractivity contribution in [2.24, 2.45) is 11.7 Å². The quantitative estimate of drug-likeness (QED) is 0.736. The Morgan fingerprint density at radius 2 is 2.10 bits per heavy atom. The topological polar surface area (TPSA) is 80.5 Å². The fraction of sp³-hybridized carbons (Fsp3) is 0.500. The zero-order valence-corrected chi connectivity index (χ0v) is 16.2. The van der Waals surface area contributed by atoms with Gasteiger partial charge in [-0.25, -0.2) is 4.39 Å². The van der Waals surface area contributed by atoms with Crippen LogP contribution in [0.3, 0.4) is 0 Å². The van der Waals surface area contributed by atoms with Crippen molar-refractivity contribution in [2.45, 2.75) is 31.0 Å². The maximum Gasteiger partial charge on any atom is 0.418 e. The maximum atomic E-state index is 14.6. The maximum absolute atomic E-state index is 14.6. The second kappa shape index (κ2) is 7.35. The van der Waals surface area contributed by atoms with Gasteiger partial charge in [0.2, 0.25) is 0 Å².